The Hall–Kier alpha value is -1.22. The van der Waals surface area contributed by atoms with Crippen molar-refractivity contribution in [2.75, 3.05) is 7.11 Å². The van der Waals surface area contributed by atoms with Gasteiger partial charge in [0.15, 0.2) is 0 Å². The number of hydrogen-bond acceptors (Lipinski definition) is 3. The first-order chi connectivity index (χ1) is 9.99. The molecule has 2 N–H and O–H groups in total. The quantitative estimate of drug-likeness (QED) is 0.897. The van der Waals surface area contributed by atoms with Crippen molar-refractivity contribution in [1.82, 2.24) is 0 Å². The van der Waals surface area contributed by atoms with Gasteiger partial charge in [-0.2, -0.15) is 0 Å². The van der Waals surface area contributed by atoms with Gasteiger partial charge in [0.05, 0.1) is 13.2 Å². The molecule has 1 aliphatic rings. The number of benzene rings is 1. The first-order valence-electron chi connectivity index (χ1n) is 8.08. The van der Waals surface area contributed by atoms with E-state index in [0.29, 0.717) is 6.10 Å². The Morgan fingerprint density at radius 1 is 1.24 bits per heavy atom. The van der Waals surface area contributed by atoms with Crippen molar-refractivity contribution in [1.29, 1.82) is 0 Å². The van der Waals surface area contributed by atoms with Crippen LogP contribution >= 0.6 is 0 Å². The lowest BCUT2D eigenvalue weighted by molar-refractivity contribution is 0.0994. The van der Waals surface area contributed by atoms with Crippen molar-refractivity contribution >= 4 is 0 Å². The fraction of sp³-hybridized carbons (Fsp3) is 0.667. The van der Waals surface area contributed by atoms with Gasteiger partial charge in [-0.05, 0) is 56.1 Å². The van der Waals surface area contributed by atoms with E-state index in [1.54, 1.807) is 7.11 Å². The molecule has 3 nitrogen and oxygen atoms in total. The predicted molar refractivity (Wildman–Crippen MR) is 86.9 cm³/mol. The van der Waals surface area contributed by atoms with E-state index in [4.69, 9.17) is 15.2 Å². The van der Waals surface area contributed by atoms with Gasteiger partial charge in [0, 0.05) is 12.1 Å². The van der Waals surface area contributed by atoms with Gasteiger partial charge in [-0.3, -0.25) is 0 Å². The summed E-state index contributed by atoms with van der Waals surface area (Å²) in [4.78, 5) is 0. The Labute approximate surface area is 128 Å². The predicted octanol–water partition coefficient (Wildman–Crippen LogP) is 3.79. The monoisotopic (exact) mass is 291 g/mol. The molecule has 4 atom stereocenters. The minimum Gasteiger partial charge on any atom is -0.497 e. The van der Waals surface area contributed by atoms with Crippen LogP contribution in [0.3, 0.4) is 0 Å². The van der Waals surface area contributed by atoms with Gasteiger partial charge >= 0.3 is 0 Å². The zero-order chi connectivity index (χ0) is 15.4. The largest absolute Gasteiger partial charge is 0.497 e. The maximum absolute atomic E-state index is 6.31. The maximum Gasteiger partial charge on any atom is 0.126 e. The molecule has 1 saturated carbocycles. The molecule has 1 aromatic carbocycles. The van der Waals surface area contributed by atoms with Crippen molar-refractivity contribution in [2.45, 2.75) is 58.6 Å². The molecule has 21 heavy (non-hydrogen) atoms. The Morgan fingerprint density at radius 3 is 2.62 bits per heavy atom. The van der Waals surface area contributed by atoms with Crippen molar-refractivity contribution in [3.63, 3.8) is 0 Å². The highest BCUT2D eigenvalue weighted by Gasteiger charge is 2.26. The van der Waals surface area contributed by atoms with Crippen LogP contribution in [-0.2, 0) is 6.42 Å². The molecule has 2 rings (SSSR count). The van der Waals surface area contributed by atoms with E-state index in [1.807, 2.05) is 19.1 Å². The van der Waals surface area contributed by atoms with E-state index in [2.05, 4.69) is 19.9 Å². The van der Waals surface area contributed by atoms with E-state index < -0.39 is 0 Å². The first-order valence-corrected chi connectivity index (χ1v) is 8.08. The average Bonchev–Trinajstić information content (AvgIpc) is 2.44. The molecule has 1 aliphatic carbocycles. The molecule has 0 aromatic heterocycles. The minimum atomic E-state index is 0.131. The Kier molecular flexibility index (Phi) is 5.51. The van der Waals surface area contributed by atoms with Gasteiger partial charge in [-0.15, -0.1) is 0 Å². The topological polar surface area (TPSA) is 44.5 Å². The van der Waals surface area contributed by atoms with Crippen LogP contribution in [0.4, 0.5) is 0 Å². The lowest BCUT2D eigenvalue weighted by atomic mass is 9.80. The standard InChI is InChI=1S/C18H29NO2/c1-12-5-7-17(9-13(12)2)21-18-11-16(20-4)8-6-15(18)10-14(3)19/h6,8,11-14,17H,5,7,9-10,19H2,1-4H3. The van der Waals surface area contributed by atoms with Gasteiger partial charge < -0.3 is 15.2 Å². The smallest absolute Gasteiger partial charge is 0.126 e. The third kappa shape index (κ3) is 4.37. The van der Waals surface area contributed by atoms with Crippen LogP contribution in [-0.4, -0.2) is 19.3 Å². The molecule has 1 fully saturated rings. The zero-order valence-electron chi connectivity index (χ0n) is 13.8. The highest BCUT2D eigenvalue weighted by Crippen LogP contribution is 2.34. The molecule has 0 aliphatic heterocycles. The fourth-order valence-corrected chi connectivity index (χ4v) is 3.07. The number of methoxy groups -OCH3 is 1. The SMILES string of the molecule is COc1ccc(CC(C)N)c(OC2CCC(C)C(C)C2)c1. The van der Waals surface area contributed by atoms with Crippen molar-refractivity contribution in [3.05, 3.63) is 23.8 Å². The summed E-state index contributed by atoms with van der Waals surface area (Å²) < 4.78 is 11.6. The summed E-state index contributed by atoms with van der Waals surface area (Å²) in [6, 6.07) is 6.19. The van der Waals surface area contributed by atoms with Crippen LogP contribution < -0.4 is 15.2 Å². The summed E-state index contributed by atoms with van der Waals surface area (Å²) in [6.45, 7) is 6.70. The molecule has 0 radical (unpaired) electrons. The Morgan fingerprint density at radius 2 is 2.00 bits per heavy atom. The lowest BCUT2D eigenvalue weighted by Crippen LogP contribution is -2.29. The molecule has 118 valence electrons. The number of rotatable bonds is 5. The summed E-state index contributed by atoms with van der Waals surface area (Å²) >= 11 is 0. The van der Waals surface area contributed by atoms with Crippen LogP contribution in [0.15, 0.2) is 18.2 Å². The van der Waals surface area contributed by atoms with Gasteiger partial charge in [0.2, 0.25) is 0 Å². The van der Waals surface area contributed by atoms with Crippen molar-refractivity contribution in [3.8, 4) is 11.5 Å². The Bertz CT molecular complexity index is 459. The Balaban J connectivity index is 2.13. The molecular weight excluding hydrogens is 262 g/mol. The van der Waals surface area contributed by atoms with Crippen LogP contribution in [0, 0.1) is 11.8 Å². The molecule has 1 aromatic rings. The third-order valence-electron chi connectivity index (χ3n) is 4.66. The van der Waals surface area contributed by atoms with Crippen LogP contribution in [0.5, 0.6) is 11.5 Å². The van der Waals surface area contributed by atoms with Gasteiger partial charge in [-0.25, -0.2) is 0 Å². The molecule has 0 saturated heterocycles. The van der Waals surface area contributed by atoms with E-state index in [1.165, 1.54) is 12.0 Å². The lowest BCUT2D eigenvalue weighted by Gasteiger charge is -2.32. The second-order valence-corrected chi connectivity index (χ2v) is 6.66. The highest BCUT2D eigenvalue weighted by molar-refractivity contribution is 5.41. The fourth-order valence-electron chi connectivity index (χ4n) is 3.07. The number of hydrogen-bond donors (Lipinski definition) is 1. The zero-order valence-corrected chi connectivity index (χ0v) is 13.8. The van der Waals surface area contributed by atoms with E-state index in [9.17, 15) is 0 Å². The van der Waals surface area contributed by atoms with Crippen LogP contribution in [0.2, 0.25) is 0 Å². The second kappa shape index (κ2) is 7.17. The van der Waals surface area contributed by atoms with Crippen LogP contribution in [0.1, 0.15) is 45.6 Å². The van der Waals surface area contributed by atoms with Gasteiger partial charge in [-0.1, -0.05) is 19.9 Å². The summed E-state index contributed by atoms with van der Waals surface area (Å²) in [7, 11) is 1.69. The summed E-state index contributed by atoms with van der Waals surface area (Å²) in [6.07, 6.45) is 4.67. The van der Waals surface area contributed by atoms with E-state index >= 15 is 0 Å². The number of nitrogens with two attached hydrogens (primary N) is 1. The average molecular weight is 291 g/mol. The molecular formula is C18H29NO2. The number of ether oxygens (including phenoxy) is 2. The van der Waals surface area contributed by atoms with Gasteiger partial charge in [0.25, 0.3) is 0 Å². The molecule has 0 amide bonds. The summed E-state index contributed by atoms with van der Waals surface area (Å²) in [5.74, 6) is 3.32. The highest BCUT2D eigenvalue weighted by atomic mass is 16.5. The molecule has 4 unspecified atom stereocenters. The first kappa shape index (κ1) is 16.2. The summed E-state index contributed by atoms with van der Waals surface area (Å²) in [5.41, 5.74) is 7.13. The normalized spacial score (nSPS) is 27.2. The summed E-state index contributed by atoms with van der Waals surface area (Å²) in [5, 5.41) is 0. The molecule has 0 heterocycles. The van der Waals surface area contributed by atoms with Crippen molar-refractivity contribution in [2.24, 2.45) is 17.6 Å². The molecule has 0 bridgehead atoms. The van der Waals surface area contributed by atoms with E-state index in [0.717, 1.165) is 42.6 Å². The van der Waals surface area contributed by atoms with Crippen LogP contribution in [0.25, 0.3) is 0 Å². The third-order valence-corrected chi connectivity index (χ3v) is 4.66. The van der Waals surface area contributed by atoms with Gasteiger partial charge in [0.1, 0.15) is 11.5 Å². The van der Waals surface area contributed by atoms with E-state index in [-0.39, 0.29) is 6.04 Å². The minimum absolute atomic E-state index is 0.131. The van der Waals surface area contributed by atoms with Crippen molar-refractivity contribution < 1.29 is 9.47 Å². The second-order valence-electron chi connectivity index (χ2n) is 6.66. The molecule has 0 spiro atoms. The maximum atomic E-state index is 6.31. The molecule has 3 heteroatoms.